The number of hydrogen-bond donors (Lipinski definition) is 2. The first-order chi connectivity index (χ1) is 10.1. The van der Waals surface area contributed by atoms with Crippen molar-refractivity contribution in [1.29, 1.82) is 0 Å². The molecule has 0 aliphatic rings. The molecule has 21 heavy (non-hydrogen) atoms. The molecule has 0 aromatic carbocycles. The zero-order chi connectivity index (χ0) is 15.3. The molecule has 2 aromatic rings. The van der Waals surface area contributed by atoms with Gasteiger partial charge in [0.05, 0.1) is 0 Å². The topological polar surface area (TPSA) is 76.0 Å². The van der Waals surface area contributed by atoms with Crippen molar-refractivity contribution in [2.45, 2.75) is 31.3 Å². The largest absolute Gasteiger partial charge is 0.349 e. The highest BCUT2D eigenvalue weighted by Crippen LogP contribution is 2.18. The first-order valence-electron chi connectivity index (χ1n) is 6.84. The van der Waals surface area contributed by atoms with Gasteiger partial charge in [0.25, 0.3) is 10.0 Å². The van der Waals surface area contributed by atoms with E-state index in [2.05, 4.69) is 21.9 Å². The van der Waals surface area contributed by atoms with Gasteiger partial charge in [-0.25, -0.2) is 13.4 Å². The predicted octanol–water partition coefficient (Wildman–Crippen LogP) is 1.81. The molecule has 0 bridgehead atoms. The Bertz CT molecular complexity index is 657. The number of nitrogens with one attached hydrogen (secondary N) is 2. The minimum Gasteiger partial charge on any atom is -0.349 e. The highest BCUT2D eigenvalue weighted by atomic mass is 32.2. The van der Waals surface area contributed by atoms with Gasteiger partial charge < -0.3 is 9.88 Å². The van der Waals surface area contributed by atoms with Crippen LogP contribution in [0.3, 0.4) is 0 Å². The number of aryl methyl sites for hydroxylation is 1. The Labute approximate surface area is 125 Å². The van der Waals surface area contributed by atoms with Crippen LogP contribution in [0.2, 0.25) is 0 Å². The van der Waals surface area contributed by atoms with E-state index in [-0.39, 0.29) is 4.90 Å². The van der Waals surface area contributed by atoms with Gasteiger partial charge in [0.15, 0.2) is 0 Å². The van der Waals surface area contributed by atoms with Crippen LogP contribution in [0.15, 0.2) is 41.6 Å². The molecule has 0 radical (unpaired) electrons. The van der Waals surface area contributed by atoms with Gasteiger partial charge in [-0.15, -0.1) is 0 Å². The molecule has 0 spiro atoms. The molecule has 7 heteroatoms. The fourth-order valence-electron chi connectivity index (χ4n) is 2.07. The summed E-state index contributed by atoms with van der Waals surface area (Å²) in [4.78, 5) is 4.24. The summed E-state index contributed by atoms with van der Waals surface area (Å²) >= 11 is 0. The van der Waals surface area contributed by atoms with E-state index in [4.69, 9.17) is 0 Å². The molecule has 6 nitrogen and oxygen atoms in total. The van der Waals surface area contributed by atoms with Crippen molar-refractivity contribution < 1.29 is 8.42 Å². The third-order valence-electron chi connectivity index (χ3n) is 3.00. The Morgan fingerprint density at radius 3 is 2.76 bits per heavy atom. The molecule has 0 saturated carbocycles. The fraction of sp³-hybridized carbons (Fsp3) is 0.357. The van der Waals surface area contributed by atoms with E-state index in [1.54, 1.807) is 36.7 Å². The minimum atomic E-state index is -3.61. The van der Waals surface area contributed by atoms with Crippen LogP contribution < -0.4 is 10.0 Å². The van der Waals surface area contributed by atoms with Gasteiger partial charge in [0, 0.05) is 31.2 Å². The predicted molar refractivity (Wildman–Crippen MR) is 82.5 cm³/mol. The van der Waals surface area contributed by atoms with E-state index in [0.717, 1.165) is 18.7 Å². The Hall–Kier alpha value is -1.86. The summed E-state index contributed by atoms with van der Waals surface area (Å²) in [5.41, 5.74) is 0.945. The van der Waals surface area contributed by atoms with Gasteiger partial charge in [-0.2, -0.15) is 0 Å². The number of sulfonamides is 1. The van der Waals surface area contributed by atoms with Crippen molar-refractivity contribution in [2.75, 3.05) is 11.8 Å². The number of anilines is 1. The van der Waals surface area contributed by atoms with Gasteiger partial charge in [0.1, 0.15) is 10.7 Å². The third-order valence-corrected chi connectivity index (χ3v) is 4.32. The van der Waals surface area contributed by atoms with E-state index in [0.29, 0.717) is 12.4 Å². The molecule has 0 atom stereocenters. The van der Waals surface area contributed by atoms with Gasteiger partial charge >= 0.3 is 0 Å². The van der Waals surface area contributed by atoms with Crippen molar-refractivity contribution in [3.8, 4) is 0 Å². The number of rotatable bonds is 7. The quantitative estimate of drug-likeness (QED) is 0.818. The Morgan fingerprint density at radius 1 is 1.33 bits per heavy atom. The maximum Gasteiger partial charge on any atom is 0.264 e. The highest BCUT2D eigenvalue weighted by molar-refractivity contribution is 7.92. The molecular formula is C14H20N4O2S. The molecule has 2 rings (SSSR count). The molecule has 0 aliphatic heterocycles. The Morgan fingerprint density at radius 2 is 2.14 bits per heavy atom. The average molecular weight is 308 g/mol. The first-order valence-corrected chi connectivity index (χ1v) is 8.32. The summed E-state index contributed by atoms with van der Waals surface area (Å²) < 4.78 is 29.2. The van der Waals surface area contributed by atoms with Gasteiger partial charge in [0.2, 0.25) is 0 Å². The molecule has 2 N–H and O–H groups in total. The molecule has 114 valence electrons. The summed E-state index contributed by atoms with van der Waals surface area (Å²) in [6, 6.07) is 6.78. The Balaban J connectivity index is 2.29. The second-order valence-electron chi connectivity index (χ2n) is 4.71. The van der Waals surface area contributed by atoms with E-state index in [1.165, 1.54) is 0 Å². The Kier molecular flexibility index (Phi) is 4.98. The lowest BCUT2D eigenvalue weighted by molar-refractivity contribution is 0.599. The highest BCUT2D eigenvalue weighted by Gasteiger charge is 2.18. The summed E-state index contributed by atoms with van der Waals surface area (Å²) in [6.07, 6.45) is 4.16. The van der Waals surface area contributed by atoms with Crippen LogP contribution in [0.25, 0.3) is 0 Å². The standard InChI is InChI=1S/C14H20N4O2S/c1-3-8-18-11-13(9-12(18)10-15-2)21(19,20)17-14-6-4-5-7-16-14/h4-7,9,11,15H,3,8,10H2,1-2H3,(H,16,17). The van der Waals surface area contributed by atoms with Crippen molar-refractivity contribution >= 4 is 15.8 Å². The molecule has 0 saturated heterocycles. The molecular weight excluding hydrogens is 288 g/mol. The van der Waals surface area contributed by atoms with Crippen molar-refractivity contribution in [3.63, 3.8) is 0 Å². The lowest BCUT2D eigenvalue weighted by atomic mass is 10.4. The van der Waals surface area contributed by atoms with Crippen LogP contribution in [0.4, 0.5) is 5.82 Å². The van der Waals surface area contributed by atoms with Gasteiger partial charge in [-0.1, -0.05) is 13.0 Å². The van der Waals surface area contributed by atoms with E-state index >= 15 is 0 Å². The SMILES string of the molecule is CCCn1cc(S(=O)(=O)Nc2ccccn2)cc1CNC. The van der Waals surface area contributed by atoms with E-state index in [1.807, 2.05) is 11.6 Å². The minimum absolute atomic E-state index is 0.256. The van der Waals surface area contributed by atoms with Gasteiger partial charge in [-0.3, -0.25) is 4.72 Å². The van der Waals surface area contributed by atoms with E-state index in [9.17, 15) is 8.42 Å². The summed E-state index contributed by atoms with van der Waals surface area (Å²) in [5, 5.41) is 3.05. The normalized spacial score (nSPS) is 11.5. The fourth-order valence-corrected chi connectivity index (χ4v) is 3.14. The van der Waals surface area contributed by atoms with Crippen LogP contribution in [-0.4, -0.2) is 25.0 Å². The second-order valence-corrected chi connectivity index (χ2v) is 6.39. The monoisotopic (exact) mass is 308 g/mol. The lowest BCUT2D eigenvalue weighted by Crippen LogP contribution is -2.13. The zero-order valence-corrected chi connectivity index (χ0v) is 13.0. The zero-order valence-electron chi connectivity index (χ0n) is 12.2. The van der Waals surface area contributed by atoms with Crippen LogP contribution in [0.1, 0.15) is 19.0 Å². The van der Waals surface area contributed by atoms with Crippen molar-refractivity contribution in [2.24, 2.45) is 0 Å². The maximum absolute atomic E-state index is 12.4. The molecule has 2 heterocycles. The van der Waals surface area contributed by atoms with Crippen molar-refractivity contribution in [1.82, 2.24) is 14.9 Å². The number of nitrogens with zero attached hydrogens (tertiary/aromatic N) is 2. The lowest BCUT2D eigenvalue weighted by Gasteiger charge is -2.06. The molecule has 0 amide bonds. The molecule has 0 aliphatic carbocycles. The van der Waals surface area contributed by atoms with Crippen LogP contribution in [-0.2, 0) is 23.1 Å². The average Bonchev–Trinajstić information content (AvgIpc) is 2.85. The smallest absolute Gasteiger partial charge is 0.264 e. The molecule has 2 aromatic heterocycles. The summed E-state index contributed by atoms with van der Waals surface area (Å²) in [6.45, 7) is 3.47. The number of hydrogen-bond acceptors (Lipinski definition) is 4. The van der Waals surface area contributed by atoms with Gasteiger partial charge in [-0.05, 0) is 31.7 Å². The first kappa shape index (κ1) is 15.5. The molecule has 0 unspecified atom stereocenters. The number of aromatic nitrogens is 2. The van der Waals surface area contributed by atoms with Crippen LogP contribution >= 0.6 is 0 Å². The third kappa shape index (κ3) is 3.83. The number of pyridine rings is 1. The summed E-state index contributed by atoms with van der Waals surface area (Å²) in [7, 11) is -1.78. The molecule has 0 fully saturated rings. The summed E-state index contributed by atoms with van der Waals surface area (Å²) in [5.74, 6) is 0.316. The second kappa shape index (κ2) is 6.73. The van der Waals surface area contributed by atoms with Crippen LogP contribution in [0, 0.1) is 0 Å². The maximum atomic E-state index is 12.4. The van der Waals surface area contributed by atoms with Crippen LogP contribution in [0.5, 0.6) is 0 Å². The van der Waals surface area contributed by atoms with Crippen molar-refractivity contribution in [3.05, 3.63) is 42.4 Å². The van der Waals surface area contributed by atoms with E-state index < -0.39 is 10.0 Å².